The normalized spacial score (nSPS) is 10.5. The molecular formula is C19H21NO4. The number of carbonyl (C=O) groups is 1. The van der Waals surface area contributed by atoms with E-state index in [1.807, 2.05) is 25.1 Å². The first-order valence-corrected chi connectivity index (χ1v) is 7.60. The van der Waals surface area contributed by atoms with Gasteiger partial charge in [-0.1, -0.05) is 6.07 Å². The zero-order chi connectivity index (χ0) is 17.4. The molecule has 0 atom stereocenters. The fourth-order valence-corrected chi connectivity index (χ4v) is 2.09. The van der Waals surface area contributed by atoms with E-state index in [1.54, 1.807) is 44.6 Å². The van der Waals surface area contributed by atoms with Crippen molar-refractivity contribution in [2.75, 3.05) is 26.1 Å². The van der Waals surface area contributed by atoms with Crippen molar-refractivity contribution < 1.29 is 19.0 Å². The molecule has 0 aliphatic heterocycles. The molecule has 2 aromatic rings. The number of rotatable bonds is 7. The van der Waals surface area contributed by atoms with Gasteiger partial charge in [0.2, 0.25) is 5.91 Å². The van der Waals surface area contributed by atoms with Gasteiger partial charge in [-0.15, -0.1) is 0 Å². The smallest absolute Gasteiger partial charge is 0.248 e. The average Bonchev–Trinajstić information content (AvgIpc) is 2.61. The molecule has 1 amide bonds. The maximum atomic E-state index is 12.0. The molecule has 0 fully saturated rings. The molecule has 0 bridgehead atoms. The molecule has 5 nitrogen and oxygen atoms in total. The van der Waals surface area contributed by atoms with Gasteiger partial charge in [0.05, 0.1) is 20.8 Å². The second-order valence-electron chi connectivity index (χ2n) is 4.89. The predicted octanol–water partition coefficient (Wildman–Crippen LogP) is 3.75. The first kappa shape index (κ1) is 17.4. The van der Waals surface area contributed by atoms with Crippen LogP contribution in [-0.2, 0) is 4.79 Å². The van der Waals surface area contributed by atoms with Gasteiger partial charge in [0.25, 0.3) is 0 Å². The first-order valence-electron chi connectivity index (χ1n) is 7.60. The molecule has 0 aliphatic rings. The molecule has 1 N–H and O–H groups in total. The van der Waals surface area contributed by atoms with Gasteiger partial charge in [-0.3, -0.25) is 4.79 Å². The van der Waals surface area contributed by atoms with Crippen LogP contribution in [0.15, 0.2) is 48.5 Å². The van der Waals surface area contributed by atoms with Gasteiger partial charge >= 0.3 is 0 Å². The summed E-state index contributed by atoms with van der Waals surface area (Å²) in [6.45, 7) is 2.48. The number of anilines is 1. The lowest BCUT2D eigenvalue weighted by molar-refractivity contribution is -0.111. The number of carbonyl (C=O) groups excluding carboxylic acids is 1. The van der Waals surface area contributed by atoms with Crippen LogP contribution in [-0.4, -0.2) is 26.7 Å². The van der Waals surface area contributed by atoms with E-state index in [4.69, 9.17) is 14.2 Å². The first-order chi connectivity index (χ1) is 11.7. The molecule has 0 saturated carbocycles. The minimum Gasteiger partial charge on any atom is -0.497 e. The molecule has 126 valence electrons. The van der Waals surface area contributed by atoms with Crippen molar-refractivity contribution in [2.24, 2.45) is 0 Å². The van der Waals surface area contributed by atoms with Crippen molar-refractivity contribution in [3.05, 3.63) is 54.1 Å². The summed E-state index contributed by atoms with van der Waals surface area (Å²) in [6, 6.07) is 12.7. The fraction of sp³-hybridized carbons (Fsp3) is 0.211. The van der Waals surface area contributed by atoms with E-state index in [1.165, 1.54) is 6.08 Å². The van der Waals surface area contributed by atoms with Gasteiger partial charge in [-0.2, -0.15) is 0 Å². The Bertz CT molecular complexity index is 708. The summed E-state index contributed by atoms with van der Waals surface area (Å²) in [7, 11) is 3.18. The number of hydrogen-bond donors (Lipinski definition) is 1. The van der Waals surface area contributed by atoms with Gasteiger partial charge in [0, 0.05) is 11.8 Å². The maximum Gasteiger partial charge on any atom is 0.248 e. The molecule has 0 saturated heterocycles. The summed E-state index contributed by atoms with van der Waals surface area (Å²) in [5.74, 6) is 1.84. The SMILES string of the molecule is CCOc1ccc(C=CC(=O)Nc2ccc(OC)cc2)cc1OC. The van der Waals surface area contributed by atoms with Gasteiger partial charge in [-0.05, 0) is 55.0 Å². The molecule has 2 rings (SSSR count). The summed E-state index contributed by atoms with van der Waals surface area (Å²) in [5.41, 5.74) is 1.55. The Balaban J connectivity index is 2.02. The highest BCUT2D eigenvalue weighted by Crippen LogP contribution is 2.28. The Morgan fingerprint density at radius 3 is 2.42 bits per heavy atom. The van der Waals surface area contributed by atoms with Crippen LogP contribution in [0.3, 0.4) is 0 Å². The van der Waals surface area contributed by atoms with Gasteiger partial charge < -0.3 is 19.5 Å². The Morgan fingerprint density at radius 1 is 1.04 bits per heavy atom. The third-order valence-corrected chi connectivity index (χ3v) is 3.27. The fourth-order valence-electron chi connectivity index (χ4n) is 2.09. The second-order valence-corrected chi connectivity index (χ2v) is 4.89. The monoisotopic (exact) mass is 327 g/mol. The zero-order valence-corrected chi connectivity index (χ0v) is 14.0. The molecule has 2 aromatic carbocycles. The lowest BCUT2D eigenvalue weighted by Crippen LogP contribution is -2.07. The van der Waals surface area contributed by atoms with Crippen molar-refractivity contribution in [3.8, 4) is 17.2 Å². The van der Waals surface area contributed by atoms with E-state index in [9.17, 15) is 4.79 Å². The summed E-state index contributed by atoms with van der Waals surface area (Å²) in [5, 5.41) is 2.79. The lowest BCUT2D eigenvalue weighted by atomic mass is 10.2. The van der Waals surface area contributed by atoms with E-state index >= 15 is 0 Å². The molecule has 24 heavy (non-hydrogen) atoms. The molecule has 0 radical (unpaired) electrons. The van der Waals surface area contributed by atoms with Crippen molar-refractivity contribution in [2.45, 2.75) is 6.92 Å². The predicted molar refractivity (Wildman–Crippen MR) is 94.8 cm³/mol. The van der Waals surface area contributed by atoms with Crippen LogP contribution < -0.4 is 19.5 Å². The van der Waals surface area contributed by atoms with Crippen LogP contribution in [0.1, 0.15) is 12.5 Å². The number of amides is 1. The summed E-state index contributed by atoms with van der Waals surface area (Å²) < 4.78 is 15.8. The summed E-state index contributed by atoms with van der Waals surface area (Å²) in [4.78, 5) is 12.0. The maximum absolute atomic E-state index is 12.0. The van der Waals surface area contributed by atoms with Crippen LogP contribution in [0, 0.1) is 0 Å². The van der Waals surface area contributed by atoms with Crippen molar-refractivity contribution in [1.29, 1.82) is 0 Å². The highest BCUT2D eigenvalue weighted by Gasteiger charge is 2.04. The van der Waals surface area contributed by atoms with Crippen molar-refractivity contribution in [3.63, 3.8) is 0 Å². The average molecular weight is 327 g/mol. The van der Waals surface area contributed by atoms with E-state index in [2.05, 4.69) is 5.32 Å². The number of methoxy groups -OCH3 is 2. The Morgan fingerprint density at radius 2 is 1.79 bits per heavy atom. The Labute approximate surface area is 141 Å². The van der Waals surface area contributed by atoms with E-state index in [0.717, 1.165) is 11.3 Å². The molecule has 0 aliphatic carbocycles. The van der Waals surface area contributed by atoms with Crippen LogP contribution in [0.4, 0.5) is 5.69 Å². The highest BCUT2D eigenvalue weighted by atomic mass is 16.5. The van der Waals surface area contributed by atoms with Gasteiger partial charge in [0.1, 0.15) is 5.75 Å². The molecule has 5 heteroatoms. The minimum atomic E-state index is -0.215. The lowest BCUT2D eigenvalue weighted by Gasteiger charge is -2.09. The number of nitrogens with one attached hydrogen (secondary N) is 1. The molecular weight excluding hydrogens is 306 g/mol. The summed E-state index contributed by atoms with van der Waals surface area (Å²) >= 11 is 0. The molecule has 0 heterocycles. The molecule has 0 unspecified atom stereocenters. The molecule has 0 aromatic heterocycles. The number of ether oxygens (including phenoxy) is 3. The molecule has 0 spiro atoms. The quantitative estimate of drug-likeness (QED) is 0.787. The third-order valence-electron chi connectivity index (χ3n) is 3.27. The van der Waals surface area contributed by atoms with Crippen LogP contribution >= 0.6 is 0 Å². The third kappa shape index (κ3) is 4.78. The van der Waals surface area contributed by atoms with E-state index in [0.29, 0.717) is 23.8 Å². The highest BCUT2D eigenvalue weighted by molar-refractivity contribution is 6.01. The van der Waals surface area contributed by atoms with Crippen molar-refractivity contribution in [1.82, 2.24) is 0 Å². The van der Waals surface area contributed by atoms with E-state index in [-0.39, 0.29) is 5.91 Å². The second kappa shape index (κ2) is 8.62. The summed E-state index contributed by atoms with van der Waals surface area (Å²) in [6.07, 6.45) is 3.19. The van der Waals surface area contributed by atoms with Crippen LogP contribution in [0.25, 0.3) is 6.08 Å². The Kier molecular flexibility index (Phi) is 6.25. The number of benzene rings is 2. The Hall–Kier alpha value is -2.95. The topological polar surface area (TPSA) is 56.8 Å². The number of hydrogen-bond acceptors (Lipinski definition) is 4. The van der Waals surface area contributed by atoms with Gasteiger partial charge in [-0.25, -0.2) is 0 Å². The van der Waals surface area contributed by atoms with Crippen LogP contribution in [0.2, 0.25) is 0 Å². The largest absolute Gasteiger partial charge is 0.497 e. The van der Waals surface area contributed by atoms with Crippen LogP contribution in [0.5, 0.6) is 17.2 Å². The van der Waals surface area contributed by atoms with Crippen molar-refractivity contribution >= 4 is 17.7 Å². The minimum absolute atomic E-state index is 0.215. The zero-order valence-electron chi connectivity index (χ0n) is 14.0. The van der Waals surface area contributed by atoms with E-state index < -0.39 is 0 Å². The standard InChI is InChI=1S/C19H21NO4/c1-4-24-17-11-5-14(13-18(17)23-3)6-12-19(21)20-15-7-9-16(22-2)10-8-15/h5-13H,4H2,1-3H3,(H,20,21). The van der Waals surface area contributed by atoms with Gasteiger partial charge in [0.15, 0.2) is 11.5 Å².